The van der Waals surface area contributed by atoms with Gasteiger partial charge in [0.05, 0.1) is 25.1 Å². The average molecular weight is 444 g/mol. The second-order valence-corrected chi connectivity index (χ2v) is 9.56. The minimum absolute atomic E-state index is 0.168. The Labute approximate surface area is 187 Å². The lowest BCUT2D eigenvalue weighted by atomic mass is 10.1. The molecule has 166 valence electrons. The molecule has 2 aromatic heterocycles. The molecule has 1 aliphatic rings. The Morgan fingerprint density at radius 1 is 1.19 bits per heavy atom. The number of rotatable bonds is 7. The third kappa shape index (κ3) is 5.20. The lowest BCUT2D eigenvalue weighted by Crippen LogP contribution is -2.36. The van der Waals surface area contributed by atoms with Gasteiger partial charge in [-0.1, -0.05) is 6.07 Å². The van der Waals surface area contributed by atoms with E-state index in [0.29, 0.717) is 25.2 Å². The maximum Gasteiger partial charge on any atom is 0.146 e. The van der Waals surface area contributed by atoms with Gasteiger partial charge in [0.1, 0.15) is 22.3 Å². The molecule has 1 N–H and O–H groups in total. The molecule has 31 heavy (non-hydrogen) atoms. The van der Waals surface area contributed by atoms with Crippen LogP contribution in [0.15, 0.2) is 18.2 Å². The molecule has 3 aromatic rings. The van der Waals surface area contributed by atoms with Crippen LogP contribution in [0.5, 0.6) is 0 Å². The van der Waals surface area contributed by atoms with E-state index in [9.17, 15) is 4.39 Å². The molecule has 0 spiro atoms. The van der Waals surface area contributed by atoms with Gasteiger partial charge in [-0.2, -0.15) is 0 Å². The number of halogens is 1. The van der Waals surface area contributed by atoms with E-state index >= 15 is 0 Å². The molecule has 0 saturated carbocycles. The first-order chi connectivity index (χ1) is 14.9. The van der Waals surface area contributed by atoms with Crippen molar-refractivity contribution in [1.29, 1.82) is 0 Å². The number of ether oxygens (including phenoxy) is 1. The number of aromatic nitrogens is 2. The second-order valence-electron chi connectivity index (χ2n) is 8.36. The van der Waals surface area contributed by atoms with Crippen LogP contribution in [0.2, 0.25) is 0 Å². The van der Waals surface area contributed by atoms with Crippen LogP contribution in [0.1, 0.15) is 27.4 Å². The summed E-state index contributed by atoms with van der Waals surface area (Å²) in [6.45, 7) is 9.43. The fourth-order valence-corrected chi connectivity index (χ4v) is 4.89. The van der Waals surface area contributed by atoms with Gasteiger partial charge in [0, 0.05) is 36.6 Å². The molecule has 0 amide bonds. The summed E-state index contributed by atoms with van der Waals surface area (Å²) in [4.78, 5) is 16.3. The van der Waals surface area contributed by atoms with E-state index < -0.39 is 0 Å². The number of nitrogens with one attached hydrogen (secondary N) is 1. The Balaban J connectivity index is 1.60. The van der Waals surface area contributed by atoms with Crippen LogP contribution in [0.3, 0.4) is 0 Å². The fraction of sp³-hybridized carbons (Fsp3) is 0.478. The highest BCUT2D eigenvalue weighted by atomic mass is 32.1. The first-order valence-corrected chi connectivity index (χ1v) is 11.4. The number of nitrogens with zero attached hydrogens (tertiary/aromatic N) is 4. The molecule has 0 unspecified atom stereocenters. The van der Waals surface area contributed by atoms with Crippen molar-refractivity contribution in [3.63, 3.8) is 0 Å². The van der Waals surface area contributed by atoms with Crippen LogP contribution in [0, 0.1) is 19.7 Å². The molecule has 0 aliphatic carbocycles. The van der Waals surface area contributed by atoms with Crippen LogP contribution in [0.4, 0.5) is 10.2 Å². The number of fused-ring (bicyclic) bond motifs is 1. The van der Waals surface area contributed by atoms with E-state index in [1.54, 1.807) is 17.4 Å². The number of anilines is 1. The molecule has 1 saturated heterocycles. The van der Waals surface area contributed by atoms with Gasteiger partial charge in [-0.15, -0.1) is 11.3 Å². The van der Waals surface area contributed by atoms with Crippen molar-refractivity contribution in [1.82, 2.24) is 19.8 Å². The van der Waals surface area contributed by atoms with Gasteiger partial charge in [-0.25, -0.2) is 14.4 Å². The third-order valence-electron chi connectivity index (χ3n) is 5.60. The van der Waals surface area contributed by atoms with Gasteiger partial charge in [-0.05, 0) is 51.2 Å². The van der Waals surface area contributed by atoms with Gasteiger partial charge in [0.2, 0.25) is 0 Å². The molecular weight excluding hydrogens is 413 g/mol. The molecule has 0 atom stereocenters. The Bertz CT molecular complexity index is 1060. The van der Waals surface area contributed by atoms with Crippen molar-refractivity contribution in [2.75, 3.05) is 45.7 Å². The van der Waals surface area contributed by atoms with Crippen LogP contribution >= 0.6 is 11.3 Å². The van der Waals surface area contributed by atoms with Crippen molar-refractivity contribution in [2.24, 2.45) is 0 Å². The van der Waals surface area contributed by atoms with E-state index in [2.05, 4.69) is 24.1 Å². The van der Waals surface area contributed by atoms with Crippen molar-refractivity contribution in [3.05, 3.63) is 51.4 Å². The number of hydrogen-bond donors (Lipinski definition) is 1. The van der Waals surface area contributed by atoms with Crippen LogP contribution in [-0.2, 0) is 24.4 Å². The Morgan fingerprint density at radius 2 is 1.97 bits per heavy atom. The molecule has 3 heterocycles. The van der Waals surface area contributed by atoms with Crippen molar-refractivity contribution >= 4 is 27.4 Å². The number of benzene rings is 1. The second kappa shape index (κ2) is 9.56. The minimum atomic E-state index is -0.168. The number of thiophene rings is 1. The summed E-state index contributed by atoms with van der Waals surface area (Å²) in [5.74, 6) is 1.51. The van der Waals surface area contributed by atoms with Gasteiger partial charge in [-0.3, -0.25) is 4.90 Å². The number of hydrogen-bond acceptors (Lipinski definition) is 7. The SMILES string of the molecule is Cc1sc2nc(CN3CCOCC3)nc(NCc3ccc(F)c(CN(C)C)c3)c2c1C. The minimum Gasteiger partial charge on any atom is -0.379 e. The van der Waals surface area contributed by atoms with Crippen LogP contribution in [-0.4, -0.2) is 60.2 Å². The lowest BCUT2D eigenvalue weighted by Gasteiger charge is -2.25. The standard InChI is InChI=1S/C23H30FN5OS/c1-15-16(2)31-23-21(15)22(26-20(27-23)14-29-7-9-30-10-8-29)25-12-17-5-6-19(24)18(11-17)13-28(3)4/h5-6,11H,7-10,12-14H2,1-4H3,(H,25,26,27). The summed E-state index contributed by atoms with van der Waals surface area (Å²) in [5.41, 5.74) is 2.95. The topological polar surface area (TPSA) is 53.5 Å². The number of aryl methyl sites for hydroxylation is 2. The summed E-state index contributed by atoms with van der Waals surface area (Å²) in [5, 5.41) is 4.60. The van der Waals surface area contributed by atoms with Gasteiger partial charge in [0.15, 0.2) is 0 Å². The molecular formula is C23H30FN5OS. The van der Waals surface area contributed by atoms with E-state index in [4.69, 9.17) is 14.7 Å². The zero-order valence-electron chi connectivity index (χ0n) is 18.7. The third-order valence-corrected chi connectivity index (χ3v) is 6.70. The first kappa shape index (κ1) is 22.1. The molecule has 1 fully saturated rings. The summed E-state index contributed by atoms with van der Waals surface area (Å²) in [6.07, 6.45) is 0. The van der Waals surface area contributed by atoms with E-state index in [-0.39, 0.29) is 5.82 Å². The predicted octanol–water partition coefficient (Wildman–Crippen LogP) is 3.95. The maximum absolute atomic E-state index is 14.2. The predicted molar refractivity (Wildman–Crippen MR) is 124 cm³/mol. The molecule has 1 aliphatic heterocycles. The maximum atomic E-state index is 14.2. The summed E-state index contributed by atoms with van der Waals surface area (Å²) in [7, 11) is 3.89. The van der Waals surface area contributed by atoms with E-state index in [1.165, 1.54) is 10.4 Å². The highest BCUT2D eigenvalue weighted by Crippen LogP contribution is 2.33. The molecule has 0 radical (unpaired) electrons. The van der Waals surface area contributed by atoms with E-state index in [1.807, 2.05) is 31.1 Å². The summed E-state index contributed by atoms with van der Waals surface area (Å²) < 4.78 is 19.6. The van der Waals surface area contributed by atoms with E-state index in [0.717, 1.165) is 53.7 Å². The molecule has 8 heteroatoms. The quantitative estimate of drug-likeness (QED) is 0.597. The average Bonchev–Trinajstić information content (AvgIpc) is 3.02. The molecule has 1 aromatic carbocycles. The Kier molecular flexibility index (Phi) is 6.81. The highest BCUT2D eigenvalue weighted by molar-refractivity contribution is 7.18. The number of morpholine rings is 1. The largest absolute Gasteiger partial charge is 0.379 e. The summed E-state index contributed by atoms with van der Waals surface area (Å²) >= 11 is 1.71. The summed E-state index contributed by atoms with van der Waals surface area (Å²) in [6, 6.07) is 5.32. The van der Waals surface area contributed by atoms with Gasteiger partial charge >= 0.3 is 0 Å². The normalized spacial score (nSPS) is 15.2. The van der Waals surface area contributed by atoms with Crippen molar-refractivity contribution in [3.8, 4) is 0 Å². The Morgan fingerprint density at radius 3 is 2.71 bits per heavy atom. The zero-order chi connectivity index (χ0) is 22.0. The van der Waals surface area contributed by atoms with Crippen molar-refractivity contribution in [2.45, 2.75) is 33.5 Å². The lowest BCUT2D eigenvalue weighted by molar-refractivity contribution is 0.0331. The zero-order valence-corrected chi connectivity index (χ0v) is 19.5. The Hall–Kier alpha value is -2.13. The van der Waals surface area contributed by atoms with Crippen LogP contribution < -0.4 is 5.32 Å². The van der Waals surface area contributed by atoms with Crippen molar-refractivity contribution < 1.29 is 9.13 Å². The van der Waals surface area contributed by atoms with Gasteiger partial charge in [0.25, 0.3) is 0 Å². The first-order valence-electron chi connectivity index (χ1n) is 10.6. The molecule has 6 nitrogen and oxygen atoms in total. The highest BCUT2D eigenvalue weighted by Gasteiger charge is 2.18. The monoisotopic (exact) mass is 443 g/mol. The molecule has 4 rings (SSSR count). The molecule has 0 bridgehead atoms. The van der Waals surface area contributed by atoms with Crippen LogP contribution in [0.25, 0.3) is 10.2 Å². The fourth-order valence-electron chi connectivity index (χ4n) is 3.84. The smallest absolute Gasteiger partial charge is 0.146 e. The van der Waals surface area contributed by atoms with Gasteiger partial charge < -0.3 is 15.0 Å².